The number of likely N-dealkylation sites (tertiary alicyclic amines) is 1. The van der Waals surface area contributed by atoms with E-state index in [1.807, 2.05) is 6.92 Å². The van der Waals surface area contributed by atoms with Gasteiger partial charge in [-0.05, 0) is 13.3 Å². The molecule has 0 aliphatic carbocycles. The number of carbonyl (C=O) groups is 1. The van der Waals surface area contributed by atoms with Crippen molar-refractivity contribution < 1.29 is 9.53 Å². The average Bonchev–Trinajstić information content (AvgIpc) is 2.51. The van der Waals surface area contributed by atoms with Gasteiger partial charge in [0.15, 0.2) is 0 Å². The van der Waals surface area contributed by atoms with Gasteiger partial charge in [-0.2, -0.15) is 0 Å². The smallest absolute Gasteiger partial charge is 0.234 e. The van der Waals surface area contributed by atoms with E-state index in [0.717, 1.165) is 19.5 Å². The third-order valence-electron chi connectivity index (χ3n) is 2.50. The lowest BCUT2D eigenvalue weighted by atomic mass is 10.3. The summed E-state index contributed by atoms with van der Waals surface area (Å²) in [4.78, 5) is 13.6. The normalized spacial score (nSPS) is 24.1. The molecule has 0 saturated carbocycles. The zero-order valence-corrected chi connectivity index (χ0v) is 9.53. The predicted octanol–water partition coefficient (Wildman–Crippen LogP) is -0.829. The number of amides is 1. The Balaban J connectivity index is 2.18. The van der Waals surface area contributed by atoms with E-state index in [1.54, 1.807) is 7.11 Å². The lowest BCUT2D eigenvalue weighted by Crippen LogP contribution is -2.42. The van der Waals surface area contributed by atoms with Gasteiger partial charge in [0.1, 0.15) is 0 Å². The third kappa shape index (κ3) is 4.59. The number of nitrogens with zero attached hydrogens (tertiary/aromatic N) is 1. The van der Waals surface area contributed by atoms with Crippen LogP contribution >= 0.6 is 0 Å². The molecule has 2 atom stereocenters. The summed E-state index contributed by atoms with van der Waals surface area (Å²) in [5.41, 5.74) is 5.76. The van der Waals surface area contributed by atoms with E-state index in [9.17, 15) is 4.79 Å². The van der Waals surface area contributed by atoms with Gasteiger partial charge >= 0.3 is 0 Å². The molecule has 1 saturated heterocycles. The van der Waals surface area contributed by atoms with E-state index in [-0.39, 0.29) is 18.0 Å². The lowest BCUT2D eigenvalue weighted by Gasteiger charge is -2.17. The van der Waals surface area contributed by atoms with Gasteiger partial charge < -0.3 is 15.8 Å². The van der Waals surface area contributed by atoms with E-state index >= 15 is 0 Å². The van der Waals surface area contributed by atoms with Gasteiger partial charge in [-0.1, -0.05) is 0 Å². The first-order chi connectivity index (χ1) is 7.11. The van der Waals surface area contributed by atoms with Crippen LogP contribution in [-0.4, -0.2) is 56.2 Å². The fourth-order valence-electron chi connectivity index (χ4n) is 1.82. The summed E-state index contributed by atoms with van der Waals surface area (Å²) in [5.74, 6) is 0.0497. The minimum Gasteiger partial charge on any atom is -0.383 e. The van der Waals surface area contributed by atoms with Gasteiger partial charge in [-0.3, -0.25) is 9.69 Å². The molecule has 5 nitrogen and oxygen atoms in total. The molecule has 0 aromatic carbocycles. The number of methoxy groups -OCH3 is 1. The fourth-order valence-corrected chi connectivity index (χ4v) is 1.82. The molecular formula is C10H21N3O2. The number of hydrogen-bond acceptors (Lipinski definition) is 4. The molecule has 2 unspecified atom stereocenters. The van der Waals surface area contributed by atoms with Gasteiger partial charge in [0.05, 0.1) is 13.2 Å². The Kier molecular flexibility index (Phi) is 5.01. The highest BCUT2D eigenvalue weighted by Gasteiger charge is 2.21. The summed E-state index contributed by atoms with van der Waals surface area (Å²) in [5, 5.41) is 2.88. The number of carbonyl (C=O) groups excluding carboxylic acids is 1. The zero-order chi connectivity index (χ0) is 11.3. The average molecular weight is 215 g/mol. The van der Waals surface area contributed by atoms with Gasteiger partial charge in [0.25, 0.3) is 0 Å². The number of nitrogens with two attached hydrogens (primary N) is 1. The molecule has 1 amide bonds. The fraction of sp³-hybridized carbons (Fsp3) is 0.900. The minimum atomic E-state index is 0.0497. The largest absolute Gasteiger partial charge is 0.383 e. The highest BCUT2D eigenvalue weighted by atomic mass is 16.5. The van der Waals surface area contributed by atoms with Crippen LogP contribution in [0.2, 0.25) is 0 Å². The van der Waals surface area contributed by atoms with Crippen molar-refractivity contribution in [1.29, 1.82) is 0 Å². The van der Waals surface area contributed by atoms with Crippen LogP contribution in [0.1, 0.15) is 13.3 Å². The van der Waals surface area contributed by atoms with Crippen LogP contribution < -0.4 is 11.1 Å². The Labute approximate surface area is 90.9 Å². The summed E-state index contributed by atoms with van der Waals surface area (Å²) in [7, 11) is 1.63. The van der Waals surface area contributed by atoms with Crippen molar-refractivity contribution in [3.63, 3.8) is 0 Å². The molecule has 0 spiro atoms. The first-order valence-electron chi connectivity index (χ1n) is 5.38. The molecule has 5 heteroatoms. The minimum absolute atomic E-state index is 0.0497. The molecule has 1 aliphatic rings. The number of nitrogens with one attached hydrogen (secondary N) is 1. The Bertz CT molecular complexity index is 211. The first-order valence-corrected chi connectivity index (χ1v) is 5.38. The van der Waals surface area contributed by atoms with Gasteiger partial charge in [0.2, 0.25) is 5.91 Å². The second kappa shape index (κ2) is 6.05. The monoisotopic (exact) mass is 215 g/mol. The summed E-state index contributed by atoms with van der Waals surface area (Å²) in [6, 6.07) is 0.299. The Hall–Kier alpha value is -0.650. The maximum Gasteiger partial charge on any atom is 0.234 e. The number of hydrogen-bond donors (Lipinski definition) is 2. The molecule has 88 valence electrons. The standard InChI is InChI=1S/C10H21N3O2/c1-8(7-15-2)12-10(14)6-13-4-3-9(11)5-13/h8-9H,3-7,11H2,1-2H3,(H,12,14). The molecule has 1 aliphatic heterocycles. The molecular weight excluding hydrogens is 194 g/mol. The number of ether oxygens (including phenoxy) is 1. The second-order valence-corrected chi connectivity index (χ2v) is 4.21. The van der Waals surface area contributed by atoms with Crippen LogP contribution in [0.15, 0.2) is 0 Å². The van der Waals surface area contributed by atoms with E-state index in [0.29, 0.717) is 13.2 Å². The summed E-state index contributed by atoms with van der Waals surface area (Å²) < 4.78 is 4.94. The molecule has 0 radical (unpaired) electrons. The van der Waals surface area contributed by atoms with Gasteiger partial charge in [-0.15, -0.1) is 0 Å². The van der Waals surface area contributed by atoms with Crippen molar-refractivity contribution in [3.8, 4) is 0 Å². The summed E-state index contributed by atoms with van der Waals surface area (Å²) in [6.07, 6.45) is 0.987. The molecule has 15 heavy (non-hydrogen) atoms. The van der Waals surface area contributed by atoms with Crippen molar-refractivity contribution in [2.45, 2.75) is 25.4 Å². The van der Waals surface area contributed by atoms with Crippen LogP contribution in [0.5, 0.6) is 0 Å². The second-order valence-electron chi connectivity index (χ2n) is 4.21. The predicted molar refractivity (Wildman–Crippen MR) is 58.5 cm³/mol. The molecule has 0 aromatic heterocycles. The third-order valence-corrected chi connectivity index (χ3v) is 2.50. The van der Waals surface area contributed by atoms with Crippen LogP contribution in [0, 0.1) is 0 Å². The molecule has 3 N–H and O–H groups in total. The Morgan fingerprint density at radius 1 is 1.73 bits per heavy atom. The molecule has 0 bridgehead atoms. The lowest BCUT2D eigenvalue weighted by molar-refractivity contribution is -0.122. The quantitative estimate of drug-likeness (QED) is 0.628. The van der Waals surface area contributed by atoms with Crippen LogP contribution in [-0.2, 0) is 9.53 Å². The molecule has 1 fully saturated rings. The van der Waals surface area contributed by atoms with Gasteiger partial charge in [0, 0.05) is 32.3 Å². The topological polar surface area (TPSA) is 67.6 Å². The van der Waals surface area contributed by atoms with Crippen molar-refractivity contribution in [2.75, 3.05) is 33.4 Å². The van der Waals surface area contributed by atoms with Crippen LogP contribution in [0.25, 0.3) is 0 Å². The summed E-state index contributed by atoms with van der Waals surface area (Å²) in [6.45, 7) is 4.67. The highest BCUT2D eigenvalue weighted by molar-refractivity contribution is 5.78. The van der Waals surface area contributed by atoms with E-state index in [4.69, 9.17) is 10.5 Å². The van der Waals surface area contributed by atoms with Crippen LogP contribution in [0.3, 0.4) is 0 Å². The molecule has 1 rings (SSSR count). The summed E-state index contributed by atoms with van der Waals surface area (Å²) >= 11 is 0. The van der Waals surface area contributed by atoms with Crippen LogP contribution in [0.4, 0.5) is 0 Å². The van der Waals surface area contributed by atoms with Crippen molar-refractivity contribution in [2.24, 2.45) is 5.73 Å². The van der Waals surface area contributed by atoms with Crippen molar-refractivity contribution in [3.05, 3.63) is 0 Å². The van der Waals surface area contributed by atoms with Crippen molar-refractivity contribution in [1.82, 2.24) is 10.2 Å². The Morgan fingerprint density at radius 3 is 3.00 bits per heavy atom. The SMILES string of the molecule is COCC(C)NC(=O)CN1CCC(N)C1. The number of rotatable bonds is 5. The van der Waals surface area contributed by atoms with Gasteiger partial charge in [-0.25, -0.2) is 0 Å². The molecule has 1 heterocycles. The maximum atomic E-state index is 11.5. The van der Waals surface area contributed by atoms with E-state index in [2.05, 4.69) is 10.2 Å². The van der Waals surface area contributed by atoms with Crippen molar-refractivity contribution >= 4 is 5.91 Å². The Morgan fingerprint density at radius 2 is 2.47 bits per heavy atom. The highest BCUT2D eigenvalue weighted by Crippen LogP contribution is 2.05. The maximum absolute atomic E-state index is 11.5. The molecule has 0 aromatic rings. The van der Waals surface area contributed by atoms with E-state index in [1.165, 1.54) is 0 Å². The van der Waals surface area contributed by atoms with E-state index < -0.39 is 0 Å². The first kappa shape index (κ1) is 12.4. The zero-order valence-electron chi connectivity index (χ0n) is 9.53.